The van der Waals surface area contributed by atoms with E-state index in [2.05, 4.69) is 10.2 Å². The van der Waals surface area contributed by atoms with Crippen molar-refractivity contribution >= 4 is 5.91 Å². The van der Waals surface area contributed by atoms with Gasteiger partial charge in [0.1, 0.15) is 18.0 Å². The van der Waals surface area contributed by atoms with E-state index in [1.54, 1.807) is 18.5 Å². The lowest BCUT2D eigenvalue weighted by Gasteiger charge is -2.31. The van der Waals surface area contributed by atoms with Crippen molar-refractivity contribution in [3.63, 3.8) is 0 Å². The number of amides is 1. The molecule has 4 rings (SSSR count). The van der Waals surface area contributed by atoms with Gasteiger partial charge in [-0.05, 0) is 36.8 Å². The van der Waals surface area contributed by atoms with E-state index in [1.165, 1.54) is 6.07 Å². The number of piperidine rings is 1. The molecule has 2 atom stereocenters. The lowest BCUT2D eigenvalue weighted by molar-refractivity contribution is -0.133. The second-order valence-corrected chi connectivity index (χ2v) is 6.87. The summed E-state index contributed by atoms with van der Waals surface area (Å²) in [5.74, 6) is 1.35. The van der Waals surface area contributed by atoms with Crippen LogP contribution < -0.4 is 0 Å². The molecule has 1 amide bonds. The van der Waals surface area contributed by atoms with Crippen LogP contribution >= 0.6 is 0 Å². The molecule has 2 aliphatic rings. The highest BCUT2D eigenvalue weighted by atomic mass is 19.1. The van der Waals surface area contributed by atoms with Crippen LogP contribution in [0.2, 0.25) is 0 Å². The number of rotatable bonds is 3. The third-order valence-corrected chi connectivity index (χ3v) is 5.33. The Kier molecular flexibility index (Phi) is 3.82. The first-order valence-electron chi connectivity index (χ1n) is 8.52. The maximum absolute atomic E-state index is 13.9. The number of benzene rings is 1. The van der Waals surface area contributed by atoms with Gasteiger partial charge in [-0.25, -0.2) is 4.39 Å². The Balaban J connectivity index is 1.36. The Morgan fingerprint density at radius 3 is 2.67 bits per heavy atom. The monoisotopic (exact) mass is 328 g/mol. The van der Waals surface area contributed by atoms with Gasteiger partial charge in [-0.1, -0.05) is 18.2 Å². The van der Waals surface area contributed by atoms with Crippen molar-refractivity contribution < 1.29 is 9.18 Å². The Labute approximate surface area is 140 Å². The average Bonchev–Trinajstić information content (AvgIpc) is 3.28. The molecular weight excluding hydrogens is 307 g/mol. The second-order valence-electron chi connectivity index (χ2n) is 6.87. The Bertz CT molecular complexity index is 751. The predicted molar refractivity (Wildman–Crippen MR) is 86.8 cm³/mol. The molecular formula is C18H21FN4O. The van der Waals surface area contributed by atoms with Gasteiger partial charge in [0.25, 0.3) is 0 Å². The molecule has 0 spiro atoms. The van der Waals surface area contributed by atoms with E-state index in [9.17, 15) is 9.18 Å². The quantitative estimate of drug-likeness (QED) is 0.870. The summed E-state index contributed by atoms with van der Waals surface area (Å²) in [6.07, 6.45) is 4.31. The zero-order valence-corrected chi connectivity index (χ0v) is 13.7. The van der Waals surface area contributed by atoms with Crippen molar-refractivity contribution in [2.24, 2.45) is 13.0 Å². The number of aryl methyl sites for hydroxylation is 1. The van der Waals surface area contributed by atoms with Gasteiger partial charge in [-0.15, -0.1) is 10.2 Å². The van der Waals surface area contributed by atoms with Crippen LogP contribution in [0, 0.1) is 11.7 Å². The maximum atomic E-state index is 13.9. The van der Waals surface area contributed by atoms with Gasteiger partial charge in [0, 0.05) is 32.0 Å². The van der Waals surface area contributed by atoms with E-state index in [1.807, 2.05) is 22.6 Å². The normalized spacial score (nSPS) is 24.2. The molecule has 1 saturated carbocycles. The van der Waals surface area contributed by atoms with E-state index < -0.39 is 0 Å². The van der Waals surface area contributed by atoms with E-state index in [0.717, 1.165) is 38.2 Å². The van der Waals surface area contributed by atoms with Crippen LogP contribution in [-0.2, 0) is 11.8 Å². The average molecular weight is 328 g/mol. The number of likely N-dealkylation sites (tertiary alicyclic amines) is 1. The molecule has 5 nitrogen and oxygen atoms in total. The number of hydrogen-bond donors (Lipinski definition) is 0. The molecule has 24 heavy (non-hydrogen) atoms. The fourth-order valence-electron chi connectivity index (χ4n) is 3.84. The first-order valence-corrected chi connectivity index (χ1v) is 8.52. The van der Waals surface area contributed by atoms with Gasteiger partial charge >= 0.3 is 0 Å². The molecule has 6 heteroatoms. The van der Waals surface area contributed by atoms with Crippen molar-refractivity contribution in [3.8, 4) is 0 Å². The topological polar surface area (TPSA) is 51.0 Å². The number of hydrogen-bond acceptors (Lipinski definition) is 3. The summed E-state index contributed by atoms with van der Waals surface area (Å²) in [6.45, 7) is 1.49. The zero-order valence-electron chi connectivity index (χ0n) is 13.7. The van der Waals surface area contributed by atoms with Crippen LogP contribution in [0.5, 0.6) is 0 Å². The molecule has 2 aromatic rings. The minimum absolute atomic E-state index is 0.0479. The minimum Gasteiger partial charge on any atom is -0.342 e. The van der Waals surface area contributed by atoms with Crippen LogP contribution in [0.3, 0.4) is 0 Å². The molecule has 1 aliphatic heterocycles. The van der Waals surface area contributed by atoms with Gasteiger partial charge in [0.15, 0.2) is 0 Å². The molecule has 2 heterocycles. The van der Waals surface area contributed by atoms with Crippen LogP contribution in [0.4, 0.5) is 4.39 Å². The molecule has 2 fully saturated rings. The second kappa shape index (κ2) is 6.00. The Morgan fingerprint density at radius 2 is 2.00 bits per heavy atom. The third-order valence-electron chi connectivity index (χ3n) is 5.33. The highest BCUT2D eigenvalue weighted by Crippen LogP contribution is 2.49. The van der Waals surface area contributed by atoms with E-state index in [-0.39, 0.29) is 23.6 Å². The standard InChI is InChI=1S/C18H21FN4O/c1-22-11-20-21-17(22)12-6-8-23(9-7-12)18(24)15-10-14(15)13-4-2-3-5-16(13)19/h2-5,11-12,14-15H,6-10H2,1H3/t14-,15-/m0/s1. The van der Waals surface area contributed by atoms with E-state index in [4.69, 9.17) is 0 Å². The highest BCUT2D eigenvalue weighted by molar-refractivity contribution is 5.83. The molecule has 1 saturated heterocycles. The molecule has 0 bridgehead atoms. The van der Waals surface area contributed by atoms with Crippen LogP contribution in [0.25, 0.3) is 0 Å². The largest absolute Gasteiger partial charge is 0.342 e. The van der Waals surface area contributed by atoms with Crippen LogP contribution in [0.15, 0.2) is 30.6 Å². The van der Waals surface area contributed by atoms with Gasteiger partial charge in [-0.2, -0.15) is 0 Å². The summed E-state index contributed by atoms with van der Waals surface area (Å²) in [7, 11) is 1.95. The van der Waals surface area contributed by atoms with Crippen molar-refractivity contribution in [2.45, 2.75) is 31.1 Å². The zero-order chi connectivity index (χ0) is 16.7. The number of carbonyl (C=O) groups excluding carboxylic acids is 1. The van der Waals surface area contributed by atoms with Crippen molar-refractivity contribution in [2.75, 3.05) is 13.1 Å². The first-order chi connectivity index (χ1) is 11.6. The molecule has 1 aromatic heterocycles. The fraction of sp³-hybridized carbons (Fsp3) is 0.500. The Hall–Kier alpha value is -2.24. The molecule has 0 unspecified atom stereocenters. The van der Waals surface area contributed by atoms with Crippen molar-refractivity contribution in [1.82, 2.24) is 19.7 Å². The number of halogens is 1. The van der Waals surface area contributed by atoms with Gasteiger partial charge in [0.05, 0.1) is 0 Å². The SMILES string of the molecule is Cn1cnnc1C1CCN(C(=O)[C@H]2C[C@H]2c2ccccc2F)CC1. The van der Waals surface area contributed by atoms with Crippen LogP contribution in [0.1, 0.15) is 42.5 Å². The summed E-state index contributed by atoms with van der Waals surface area (Å²) in [5, 5.41) is 8.12. The summed E-state index contributed by atoms with van der Waals surface area (Å²) < 4.78 is 15.8. The Morgan fingerprint density at radius 1 is 1.25 bits per heavy atom. The lowest BCUT2D eigenvalue weighted by Crippen LogP contribution is -2.39. The smallest absolute Gasteiger partial charge is 0.226 e. The molecule has 1 aliphatic carbocycles. The lowest BCUT2D eigenvalue weighted by atomic mass is 9.95. The molecule has 126 valence electrons. The number of carbonyl (C=O) groups is 1. The fourth-order valence-corrected chi connectivity index (χ4v) is 3.84. The van der Waals surface area contributed by atoms with Crippen molar-refractivity contribution in [3.05, 3.63) is 47.8 Å². The van der Waals surface area contributed by atoms with Crippen LogP contribution in [-0.4, -0.2) is 38.7 Å². The molecule has 1 aromatic carbocycles. The summed E-state index contributed by atoms with van der Waals surface area (Å²) >= 11 is 0. The molecule has 0 radical (unpaired) electrons. The molecule has 0 N–H and O–H groups in total. The maximum Gasteiger partial charge on any atom is 0.226 e. The highest BCUT2D eigenvalue weighted by Gasteiger charge is 2.47. The van der Waals surface area contributed by atoms with Gasteiger partial charge in [-0.3, -0.25) is 4.79 Å². The summed E-state index contributed by atoms with van der Waals surface area (Å²) in [6, 6.07) is 6.80. The van der Waals surface area contributed by atoms with Crippen molar-refractivity contribution in [1.29, 1.82) is 0 Å². The third kappa shape index (κ3) is 2.70. The number of nitrogens with zero attached hydrogens (tertiary/aromatic N) is 4. The van der Waals surface area contributed by atoms with E-state index in [0.29, 0.717) is 11.5 Å². The van der Waals surface area contributed by atoms with Gasteiger partial charge in [0.2, 0.25) is 5.91 Å². The predicted octanol–water partition coefficient (Wildman–Crippen LogP) is 2.46. The number of aromatic nitrogens is 3. The summed E-state index contributed by atoms with van der Waals surface area (Å²) in [4.78, 5) is 14.6. The van der Waals surface area contributed by atoms with Gasteiger partial charge < -0.3 is 9.47 Å². The van der Waals surface area contributed by atoms with E-state index >= 15 is 0 Å². The first kappa shape index (κ1) is 15.3. The minimum atomic E-state index is -0.196. The summed E-state index contributed by atoms with van der Waals surface area (Å²) in [5.41, 5.74) is 0.685.